The lowest BCUT2D eigenvalue weighted by molar-refractivity contribution is -0.141. The maximum absolute atomic E-state index is 13.2. The molecule has 1 aliphatic rings. The maximum Gasteiger partial charge on any atom is 0.322 e. The second-order valence-electron chi connectivity index (χ2n) is 6.16. The van der Waals surface area contributed by atoms with E-state index in [1.165, 1.54) is 32.4 Å². The maximum atomic E-state index is 13.2. The summed E-state index contributed by atoms with van der Waals surface area (Å²) in [6.07, 6.45) is -0.0254. The lowest BCUT2D eigenvalue weighted by Gasteiger charge is -2.34. The number of hydrogen-bond donors (Lipinski definition) is 1. The van der Waals surface area contributed by atoms with Crippen molar-refractivity contribution >= 4 is 39.2 Å². The molecule has 10 heteroatoms. The lowest BCUT2D eigenvalue weighted by atomic mass is 9.95. The van der Waals surface area contributed by atoms with Crippen LogP contribution in [0.3, 0.4) is 0 Å². The molecule has 3 rings (SSSR count). The first-order valence-electron chi connectivity index (χ1n) is 8.12. The van der Waals surface area contributed by atoms with Gasteiger partial charge in [0.2, 0.25) is 10.0 Å². The number of carbonyl (C=O) groups is 1. The quantitative estimate of drug-likeness (QED) is 0.759. The van der Waals surface area contributed by atoms with Crippen LogP contribution in [0.15, 0.2) is 35.2 Å². The molecule has 1 aliphatic heterocycles. The number of methoxy groups -OCH3 is 2. The smallest absolute Gasteiger partial charge is 0.322 e. The van der Waals surface area contributed by atoms with Gasteiger partial charge in [-0.15, -0.1) is 0 Å². The number of benzene rings is 2. The average Bonchev–Trinajstić information content (AvgIpc) is 2.67. The molecule has 7 nitrogen and oxygen atoms in total. The number of rotatable bonds is 5. The largest absolute Gasteiger partial charge is 0.493 e. The molecule has 2 aromatic rings. The van der Waals surface area contributed by atoms with Crippen molar-refractivity contribution < 1.29 is 27.8 Å². The van der Waals surface area contributed by atoms with Crippen LogP contribution in [0.2, 0.25) is 10.0 Å². The summed E-state index contributed by atoms with van der Waals surface area (Å²) in [5, 5.41) is 9.82. The normalized spacial score (nSPS) is 17.1. The molecule has 0 unspecified atom stereocenters. The number of sulfonamides is 1. The van der Waals surface area contributed by atoms with Gasteiger partial charge in [-0.2, -0.15) is 4.31 Å². The van der Waals surface area contributed by atoms with E-state index in [-0.39, 0.29) is 27.9 Å². The zero-order chi connectivity index (χ0) is 20.6. The molecule has 0 aliphatic carbocycles. The standard InChI is InChI=1S/C18H17Cl2NO6S/c1-26-15-6-10-5-14(18(22)23)21(9-11(10)7-16(15)27-2)28(24,25)17-8-12(19)3-4-13(17)20/h3-4,6-8,14H,5,9H2,1-2H3,(H,22,23)/t14-/m1/s1. The van der Waals surface area contributed by atoms with E-state index < -0.39 is 22.0 Å². The number of halogens is 2. The first kappa shape index (κ1) is 20.7. The van der Waals surface area contributed by atoms with Crippen LogP contribution in [-0.4, -0.2) is 44.1 Å². The molecular formula is C18H17Cl2NO6S. The fraction of sp³-hybridized carbons (Fsp3) is 0.278. The molecule has 28 heavy (non-hydrogen) atoms. The highest BCUT2D eigenvalue weighted by Gasteiger charge is 2.41. The molecule has 0 bridgehead atoms. The molecule has 0 aromatic heterocycles. The number of aliphatic carboxylic acids is 1. The summed E-state index contributed by atoms with van der Waals surface area (Å²) in [5.74, 6) is -0.394. The molecule has 0 fully saturated rings. The summed E-state index contributed by atoms with van der Waals surface area (Å²) in [7, 11) is -1.29. The predicted molar refractivity (Wildman–Crippen MR) is 104 cm³/mol. The van der Waals surface area contributed by atoms with Gasteiger partial charge in [0.15, 0.2) is 11.5 Å². The van der Waals surface area contributed by atoms with Gasteiger partial charge < -0.3 is 14.6 Å². The van der Waals surface area contributed by atoms with E-state index in [9.17, 15) is 18.3 Å². The van der Waals surface area contributed by atoms with E-state index in [4.69, 9.17) is 32.7 Å². The molecular weight excluding hydrogens is 429 g/mol. The van der Waals surface area contributed by atoms with E-state index in [0.29, 0.717) is 22.6 Å². The highest BCUT2D eigenvalue weighted by molar-refractivity contribution is 7.89. The lowest BCUT2D eigenvalue weighted by Crippen LogP contribution is -2.48. The van der Waals surface area contributed by atoms with Crippen molar-refractivity contribution in [2.75, 3.05) is 14.2 Å². The summed E-state index contributed by atoms with van der Waals surface area (Å²) >= 11 is 12.0. The molecule has 1 atom stereocenters. The van der Waals surface area contributed by atoms with Crippen molar-refractivity contribution in [1.82, 2.24) is 4.31 Å². The predicted octanol–water partition coefficient (Wildman–Crippen LogP) is 3.21. The third kappa shape index (κ3) is 3.65. The third-order valence-corrected chi connectivity index (χ3v) is 7.13. The van der Waals surface area contributed by atoms with Crippen LogP contribution >= 0.6 is 23.2 Å². The van der Waals surface area contributed by atoms with Crippen LogP contribution in [-0.2, 0) is 27.8 Å². The molecule has 1 heterocycles. The topological polar surface area (TPSA) is 93.1 Å². The molecule has 0 amide bonds. The number of fused-ring (bicyclic) bond motifs is 1. The Bertz CT molecular complexity index is 1040. The van der Waals surface area contributed by atoms with E-state index in [1.54, 1.807) is 12.1 Å². The van der Waals surface area contributed by atoms with E-state index >= 15 is 0 Å². The highest BCUT2D eigenvalue weighted by Crippen LogP contribution is 2.38. The van der Waals surface area contributed by atoms with Crippen molar-refractivity contribution in [3.05, 3.63) is 51.5 Å². The first-order chi connectivity index (χ1) is 13.2. The second-order valence-corrected chi connectivity index (χ2v) is 8.86. The van der Waals surface area contributed by atoms with Gasteiger partial charge in [0.05, 0.1) is 19.2 Å². The Morgan fingerprint density at radius 3 is 2.29 bits per heavy atom. The molecule has 150 valence electrons. The Morgan fingerprint density at radius 1 is 1.11 bits per heavy atom. The van der Waals surface area contributed by atoms with E-state index in [0.717, 1.165) is 4.31 Å². The third-order valence-electron chi connectivity index (χ3n) is 4.56. The number of hydrogen-bond acceptors (Lipinski definition) is 5. The van der Waals surface area contributed by atoms with E-state index in [1.807, 2.05) is 0 Å². The first-order valence-corrected chi connectivity index (χ1v) is 10.3. The zero-order valence-corrected chi connectivity index (χ0v) is 17.3. The SMILES string of the molecule is COc1cc2c(cc1OC)CN(S(=O)(=O)c1cc(Cl)ccc1Cl)[C@@H](C(=O)O)C2. The number of ether oxygens (including phenoxy) is 2. The van der Waals surface area contributed by atoms with Gasteiger partial charge in [-0.05, 0) is 41.5 Å². The Hall–Kier alpha value is -2.00. The van der Waals surface area contributed by atoms with Crippen LogP contribution < -0.4 is 9.47 Å². The van der Waals surface area contributed by atoms with Gasteiger partial charge in [-0.3, -0.25) is 4.79 Å². The van der Waals surface area contributed by atoms with Crippen LogP contribution in [0.1, 0.15) is 11.1 Å². The van der Waals surface area contributed by atoms with Crippen molar-refractivity contribution in [3.8, 4) is 11.5 Å². The summed E-state index contributed by atoms with van der Waals surface area (Å²) in [6.45, 7) is -0.155. The minimum Gasteiger partial charge on any atom is -0.493 e. The van der Waals surface area contributed by atoms with Gasteiger partial charge in [0.25, 0.3) is 0 Å². The summed E-state index contributed by atoms with van der Waals surface area (Å²) in [5.41, 5.74) is 1.30. The molecule has 0 radical (unpaired) electrons. The second kappa shape index (κ2) is 7.79. The molecule has 1 N–H and O–H groups in total. The molecule has 0 saturated heterocycles. The number of carboxylic acid groups (broad SMARTS) is 1. The zero-order valence-electron chi connectivity index (χ0n) is 15.0. The van der Waals surface area contributed by atoms with Crippen molar-refractivity contribution in [2.24, 2.45) is 0 Å². The van der Waals surface area contributed by atoms with Crippen LogP contribution in [0, 0.1) is 0 Å². The number of carboxylic acids is 1. The van der Waals surface area contributed by atoms with Crippen LogP contribution in [0.5, 0.6) is 11.5 Å². The summed E-state index contributed by atoms with van der Waals surface area (Å²) in [4.78, 5) is 11.6. The van der Waals surface area contributed by atoms with Crippen LogP contribution in [0.25, 0.3) is 0 Å². The van der Waals surface area contributed by atoms with Gasteiger partial charge in [-0.25, -0.2) is 8.42 Å². The summed E-state index contributed by atoms with van der Waals surface area (Å²) in [6, 6.07) is 6.04. The van der Waals surface area contributed by atoms with Gasteiger partial charge in [0.1, 0.15) is 10.9 Å². The minimum atomic E-state index is -4.22. The monoisotopic (exact) mass is 445 g/mol. The van der Waals surface area contributed by atoms with E-state index in [2.05, 4.69) is 0 Å². The Balaban J connectivity index is 2.13. The fourth-order valence-electron chi connectivity index (χ4n) is 3.15. The Kier molecular flexibility index (Phi) is 5.77. The molecule has 0 saturated carbocycles. The number of nitrogens with zero attached hydrogens (tertiary/aromatic N) is 1. The Labute approximate surface area is 172 Å². The fourth-order valence-corrected chi connectivity index (χ4v) is 5.45. The molecule has 0 spiro atoms. The van der Waals surface area contributed by atoms with Crippen molar-refractivity contribution in [2.45, 2.75) is 23.9 Å². The van der Waals surface area contributed by atoms with Gasteiger partial charge >= 0.3 is 5.97 Å². The minimum absolute atomic E-state index is 0.0254. The van der Waals surface area contributed by atoms with Gasteiger partial charge in [0, 0.05) is 18.0 Å². The average molecular weight is 446 g/mol. The van der Waals surface area contributed by atoms with Gasteiger partial charge in [-0.1, -0.05) is 23.2 Å². The highest BCUT2D eigenvalue weighted by atomic mass is 35.5. The summed E-state index contributed by atoms with van der Waals surface area (Å²) < 4.78 is 37.9. The van der Waals surface area contributed by atoms with Crippen molar-refractivity contribution in [1.29, 1.82) is 0 Å². The van der Waals surface area contributed by atoms with Crippen LogP contribution in [0.4, 0.5) is 0 Å². The molecule has 2 aromatic carbocycles. The van der Waals surface area contributed by atoms with Crippen molar-refractivity contribution in [3.63, 3.8) is 0 Å². The Morgan fingerprint density at radius 2 is 1.71 bits per heavy atom.